The van der Waals surface area contributed by atoms with Gasteiger partial charge >= 0.3 is 4.87 Å². The first-order valence-electron chi connectivity index (χ1n) is 12.0. The fourth-order valence-electron chi connectivity index (χ4n) is 5.04. The monoisotopic (exact) mass is 555 g/mol. The van der Waals surface area contributed by atoms with Gasteiger partial charge in [0.15, 0.2) is 6.61 Å². The number of carbonyl (C=O) groups is 3. The molecule has 3 aliphatic heterocycles. The Labute approximate surface area is 224 Å². The Morgan fingerprint density at radius 2 is 1.74 bits per heavy atom. The van der Waals surface area contributed by atoms with Crippen LogP contribution in [0.25, 0.3) is 0 Å². The van der Waals surface area contributed by atoms with Crippen molar-refractivity contribution in [1.29, 1.82) is 0 Å². The van der Waals surface area contributed by atoms with Crippen LogP contribution in [0.2, 0.25) is 0 Å². The number of nitrogens with zero attached hydrogens (tertiary/aromatic N) is 2. The summed E-state index contributed by atoms with van der Waals surface area (Å²) in [6, 6.07) is 12.2. The number of nitrogens with one attached hydrogen (secondary N) is 1. The number of anilines is 1. The van der Waals surface area contributed by atoms with Crippen LogP contribution in [0.15, 0.2) is 58.4 Å². The number of fused-ring (bicyclic) bond motifs is 2. The Kier molecular flexibility index (Phi) is 6.54. The first-order valence-corrected chi connectivity index (χ1v) is 13.7. The smallest absolute Gasteiger partial charge is 0.305 e. The van der Waals surface area contributed by atoms with E-state index in [2.05, 4.69) is 4.98 Å². The molecular weight excluding hydrogens is 533 g/mol. The van der Waals surface area contributed by atoms with E-state index in [0.717, 1.165) is 21.8 Å². The SMILES string of the molecule is O=C(COc1ccc(C2c3sc(=O)[nH]c3SC3C(=O)N(c4ccc(F)cc4)C(=O)C32)cc1)N1CCOCC1. The number of thioether (sulfide) groups is 1. The van der Waals surface area contributed by atoms with Crippen molar-refractivity contribution in [2.75, 3.05) is 37.8 Å². The lowest BCUT2D eigenvalue weighted by molar-refractivity contribution is -0.137. The zero-order valence-corrected chi connectivity index (χ0v) is 21.6. The standard InChI is InChI=1S/C26H22FN3O6S2/c27-15-3-5-16(6-4-15)30-24(32)20-19(21-23(28-26(34)38-21)37-22(20)25(30)33)14-1-7-17(8-2-14)36-13-18(31)29-9-11-35-12-10-29/h1-8,19-20,22H,9-13H2,(H,28,34). The molecule has 0 radical (unpaired) electrons. The molecule has 12 heteroatoms. The summed E-state index contributed by atoms with van der Waals surface area (Å²) < 4.78 is 24.5. The van der Waals surface area contributed by atoms with Gasteiger partial charge in [0.25, 0.3) is 5.91 Å². The van der Waals surface area contributed by atoms with Crippen LogP contribution >= 0.6 is 23.1 Å². The predicted octanol–water partition coefficient (Wildman–Crippen LogP) is 2.61. The highest BCUT2D eigenvalue weighted by Gasteiger charge is 2.56. The van der Waals surface area contributed by atoms with Crippen LogP contribution in [-0.4, -0.2) is 65.8 Å². The maximum atomic E-state index is 13.7. The van der Waals surface area contributed by atoms with E-state index >= 15 is 0 Å². The molecule has 3 amide bonds. The first-order chi connectivity index (χ1) is 18.4. The topological polar surface area (TPSA) is 109 Å². The number of rotatable bonds is 5. The summed E-state index contributed by atoms with van der Waals surface area (Å²) in [6.07, 6.45) is 0. The molecule has 0 aliphatic carbocycles. The van der Waals surface area contributed by atoms with Gasteiger partial charge < -0.3 is 19.4 Å². The fraction of sp³-hybridized carbons (Fsp3) is 0.308. The molecule has 2 fully saturated rings. The number of thiazole rings is 1. The summed E-state index contributed by atoms with van der Waals surface area (Å²) in [6.45, 7) is 1.98. The number of halogens is 1. The summed E-state index contributed by atoms with van der Waals surface area (Å²) in [5.74, 6) is -2.18. The molecule has 0 spiro atoms. The third-order valence-electron chi connectivity index (χ3n) is 6.87. The first kappa shape index (κ1) is 24.8. The van der Waals surface area contributed by atoms with Gasteiger partial charge in [0.2, 0.25) is 11.8 Å². The molecule has 3 aliphatic rings. The van der Waals surface area contributed by atoms with E-state index in [4.69, 9.17) is 9.47 Å². The van der Waals surface area contributed by atoms with Crippen molar-refractivity contribution in [2.24, 2.45) is 5.92 Å². The molecule has 38 heavy (non-hydrogen) atoms. The fourth-order valence-corrected chi connectivity index (χ4v) is 7.56. The Hall–Kier alpha value is -3.48. The number of carbonyl (C=O) groups excluding carboxylic acids is 3. The molecule has 2 saturated heterocycles. The highest BCUT2D eigenvalue weighted by atomic mass is 32.2. The molecule has 1 aromatic heterocycles. The molecule has 4 heterocycles. The van der Waals surface area contributed by atoms with E-state index < -0.39 is 34.7 Å². The lowest BCUT2D eigenvalue weighted by Gasteiger charge is -2.30. The summed E-state index contributed by atoms with van der Waals surface area (Å²) in [5.41, 5.74) is 1.05. The minimum Gasteiger partial charge on any atom is -0.484 e. The Morgan fingerprint density at radius 3 is 2.45 bits per heavy atom. The molecule has 3 atom stereocenters. The van der Waals surface area contributed by atoms with Crippen molar-refractivity contribution >= 4 is 46.5 Å². The maximum absolute atomic E-state index is 13.7. The second-order valence-corrected chi connectivity index (χ2v) is 11.3. The van der Waals surface area contributed by atoms with E-state index in [-0.39, 0.29) is 17.4 Å². The third-order valence-corrected chi connectivity index (χ3v) is 9.28. The van der Waals surface area contributed by atoms with Crippen molar-refractivity contribution in [3.8, 4) is 5.75 Å². The summed E-state index contributed by atoms with van der Waals surface area (Å²) >= 11 is 2.20. The number of H-pyrrole nitrogens is 1. The highest BCUT2D eigenvalue weighted by Crippen LogP contribution is 2.53. The largest absolute Gasteiger partial charge is 0.484 e. The van der Waals surface area contributed by atoms with E-state index in [0.29, 0.717) is 47.6 Å². The zero-order chi connectivity index (χ0) is 26.4. The number of aromatic amines is 1. The lowest BCUT2D eigenvalue weighted by Crippen LogP contribution is -2.42. The van der Waals surface area contributed by atoms with Crippen LogP contribution < -0.4 is 14.5 Å². The average Bonchev–Trinajstić information content (AvgIpc) is 3.43. The summed E-state index contributed by atoms with van der Waals surface area (Å²) in [4.78, 5) is 57.7. The number of aromatic nitrogens is 1. The van der Waals surface area contributed by atoms with Gasteiger partial charge in [-0.2, -0.15) is 0 Å². The molecular formula is C26H22FN3O6S2. The zero-order valence-electron chi connectivity index (χ0n) is 19.9. The second kappa shape index (κ2) is 10.0. The predicted molar refractivity (Wildman–Crippen MR) is 138 cm³/mol. The van der Waals surface area contributed by atoms with Gasteiger partial charge in [-0.05, 0) is 42.0 Å². The number of hydrogen-bond donors (Lipinski definition) is 1. The maximum Gasteiger partial charge on any atom is 0.305 e. The average molecular weight is 556 g/mol. The van der Waals surface area contributed by atoms with Crippen LogP contribution in [0, 0.1) is 11.7 Å². The number of amides is 3. The summed E-state index contributed by atoms with van der Waals surface area (Å²) in [7, 11) is 0. The minimum absolute atomic E-state index is 0.104. The third kappa shape index (κ3) is 4.42. The van der Waals surface area contributed by atoms with Gasteiger partial charge in [-0.3, -0.25) is 19.2 Å². The Bertz CT molecular complexity index is 1450. The van der Waals surface area contributed by atoms with E-state index in [1.165, 1.54) is 36.0 Å². The van der Waals surface area contributed by atoms with Crippen molar-refractivity contribution in [3.63, 3.8) is 0 Å². The summed E-state index contributed by atoms with van der Waals surface area (Å²) in [5, 5.41) is -0.165. The number of benzene rings is 2. The molecule has 196 valence electrons. The number of imide groups is 1. The van der Waals surface area contributed by atoms with E-state index in [9.17, 15) is 23.6 Å². The van der Waals surface area contributed by atoms with Crippen LogP contribution in [0.4, 0.5) is 10.1 Å². The van der Waals surface area contributed by atoms with Crippen LogP contribution in [0.3, 0.4) is 0 Å². The quantitative estimate of drug-likeness (QED) is 0.482. The van der Waals surface area contributed by atoms with Gasteiger partial charge in [-0.1, -0.05) is 35.2 Å². The van der Waals surface area contributed by atoms with Gasteiger partial charge in [0, 0.05) is 23.9 Å². The Morgan fingerprint density at radius 1 is 1.03 bits per heavy atom. The minimum atomic E-state index is -0.744. The Balaban J connectivity index is 1.27. The highest BCUT2D eigenvalue weighted by molar-refractivity contribution is 8.00. The molecule has 9 nitrogen and oxygen atoms in total. The van der Waals surface area contributed by atoms with Crippen molar-refractivity contribution < 1.29 is 28.2 Å². The van der Waals surface area contributed by atoms with Crippen molar-refractivity contribution in [3.05, 3.63) is 74.5 Å². The molecule has 6 rings (SSSR count). The van der Waals surface area contributed by atoms with Crippen LogP contribution in [0.5, 0.6) is 5.75 Å². The number of morpholine rings is 1. The van der Waals surface area contributed by atoms with Crippen molar-refractivity contribution in [2.45, 2.75) is 16.2 Å². The molecule has 1 N–H and O–H groups in total. The van der Waals surface area contributed by atoms with E-state index in [1.807, 2.05) is 0 Å². The molecule has 0 bridgehead atoms. The van der Waals surface area contributed by atoms with Crippen LogP contribution in [-0.2, 0) is 19.1 Å². The van der Waals surface area contributed by atoms with E-state index in [1.54, 1.807) is 29.2 Å². The van der Waals surface area contributed by atoms with Crippen LogP contribution in [0.1, 0.15) is 16.4 Å². The molecule has 2 aromatic carbocycles. The van der Waals surface area contributed by atoms with Gasteiger partial charge in [-0.25, -0.2) is 9.29 Å². The number of hydrogen-bond acceptors (Lipinski definition) is 8. The van der Waals surface area contributed by atoms with Gasteiger partial charge in [0.1, 0.15) is 16.8 Å². The van der Waals surface area contributed by atoms with Crippen molar-refractivity contribution in [1.82, 2.24) is 9.88 Å². The normalized spacial score (nSPS) is 22.8. The lowest BCUT2D eigenvalue weighted by atomic mass is 9.83. The van der Waals surface area contributed by atoms with Gasteiger partial charge in [-0.15, -0.1) is 0 Å². The molecule has 3 unspecified atom stereocenters. The van der Waals surface area contributed by atoms with Gasteiger partial charge in [0.05, 0.1) is 29.8 Å². The molecule has 3 aromatic rings. The molecule has 0 saturated carbocycles. The number of ether oxygens (including phenoxy) is 2. The second-order valence-electron chi connectivity index (χ2n) is 9.09.